The third kappa shape index (κ3) is 4.17. The number of hydrogen-bond acceptors (Lipinski definition) is 2. The molecular weight excluding hydrogens is 322 g/mol. The molecule has 0 saturated carbocycles. The number of piperazine rings is 1. The van der Waals surface area contributed by atoms with E-state index in [4.69, 9.17) is 0 Å². The molecule has 130 valence electrons. The summed E-state index contributed by atoms with van der Waals surface area (Å²) < 4.78 is 78.1. The van der Waals surface area contributed by atoms with Crippen molar-refractivity contribution in [3.05, 3.63) is 34.9 Å². The van der Waals surface area contributed by atoms with Gasteiger partial charge in [0.25, 0.3) is 0 Å². The van der Waals surface area contributed by atoms with E-state index in [0.29, 0.717) is 32.6 Å². The Morgan fingerprint density at radius 1 is 1.04 bits per heavy atom. The highest BCUT2D eigenvalue weighted by molar-refractivity contribution is 5.37. The van der Waals surface area contributed by atoms with E-state index in [1.54, 1.807) is 6.92 Å². The van der Waals surface area contributed by atoms with Gasteiger partial charge in [-0.15, -0.1) is 0 Å². The van der Waals surface area contributed by atoms with Crippen molar-refractivity contribution < 1.29 is 26.3 Å². The average molecular weight is 340 g/mol. The zero-order valence-electron chi connectivity index (χ0n) is 12.6. The van der Waals surface area contributed by atoms with E-state index in [-0.39, 0.29) is 11.6 Å². The van der Waals surface area contributed by atoms with Crippen LogP contribution in [0.1, 0.15) is 36.1 Å². The summed E-state index contributed by atoms with van der Waals surface area (Å²) in [7, 11) is 0. The summed E-state index contributed by atoms with van der Waals surface area (Å²) >= 11 is 0. The van der Waals surface area contributed by atoms with Crippen LogP contribution in [0.4, 0.5) is 26.3 Å². The molecule has 1 N–H and O–H groups in total. The molecule has 0 unspecified atom stereocenters. The second kappa shape index (κ2) is 6.68. The fraction of sp³-hybridized carbons (Fsp3) is 0.600. The van der Waals surface area contributed by atoms with E-state index < -0.39 is 29.5 Å². The van der Waals surface area contributed by atoms with E-state index in [0.717, 1.165) is 12.1 Å². The van der Waals surface area contributed by atoms with Crippen molar-refractivity contribution in [2.75, 3.05) is 26.2 Å². The van der Waals surface area contributed by atoms with Crippen LogP contribution in [-0.2, 0) is 12.4 Å². The first-order valence-electron chi connectivity index (χ1n) is 7.37. The van der Waals surface area contributed by atoms with E-state index in [9.17, 15) is 26.3 Å². The molecule has 23 heavy (non-hydrogen) atoms. The van der Waals surface area contributed by atoms with E-state index >= 15 is 0 Å². The summed E-state index contributed by atoms with van der Waals surface area (Å²) in [5, 5.41) is 3.11. The molecule has 0 radical (unpaired) electrons. The van der Waals surface area contributed by atoms with Crippen LogP contribution in [0, 0.1) is 0 Å². The van der Waals surface area contributed by atoms with Crippen LogP contribution in [0.2, 0.25) is 0 Å². The molecule has 1 aliphatic heterocycles. The number of nitrogens with zero attached hydrogens (tertiary/aromatic N) is 1. The Morgan fingerprint density at radius 3 is 2.13 bits per heavy atom. The number of halogens is 6. The van der Waals surface area contributed by atoms with Crippen molar-refractivity contribution in [1.29, 1.82) is 0 Å². The molecule has 1 saturated heterocycles. The topological polar surface area (TPSA) is 15.3 Å². The van der Waals surface area contributed by atoms with Crippen LogP contribution >= 0.6 is 0 Å². The summed E-state index contributed by atoms with van der Waals surface area (Å²) in [4.78, 5) is 1.88. The van der Waals surface area contributed by atoms with Gasteiger partial charge < -0.3 is 5.32 Å². The third-order valence-electron chi connectivity index (χ3n) is 4.02. The standard InChI is InChI=1S/C15H18F6N2/c1-2-13(23-7-5-22-6-8-23)11-4-3-10(14(16,17)18)9-12(11)15(19,20)21/h3-4,9,13,22H,2,5-8H2,1H3/t13-/m0/s1. The van der Waals surface area contributed by atoms with Gasteiger partial charge in [-0.05, 0) is 24.1 Å². The Kier molecular flexibility index (Phi) is 5.25. The smallest absolute Gasteiger partial charge is 0.314 e. The largest absolute Gasteiger partial charge is 0.416 e. The number of alkyl halides is 6. The molecule has 2 rings (SSSR count). The fourth-order valence-electron chi connectivity index (χ4n) is 2.94. The predicted octanol–water partition coefficient (Wildman–Crippen LogP) is 4.08. The van der Waals surface area contributed by atoms with Crippen LogP contribution in [0.5, 0.6) is 0 Å². The molecule has 1 atom stereocenters. The first-order chi connectivity index (χ1) is 10.6. The maximum atomic E-state index is 13.3. The van der Waals surface area contributed by atoms with Crippen molar-refractivity contribution >= 4 is 0 Å². The van der Waals surface area contributed by atoms with Gasteiger partial charge in [-0.3, -0.25) is 4.90 Å². The maximum Gasteiger partial charge on any atom is 0.416 e. The summed E-state index contributed by atoms with van der Waals surface area (Å²) in [5.41, 5.74) is -2.56. The highest BCUT2D eigenvalue weighted by atomic mass is 19.4. The number of nitrogens with one attached hydrogen (secondary N) is 1. The Bertz CT molecular complexity index is 532. The second-order valence-corrected chi connectivity index (χ2v) is 5.51. The van der Waals surface area contributed by atoms with E-state index in [2.05, 4.69) is 5.32 Å². The zero-order chi connectivity index (χ0) is 17.3. The monoisotopic (exact) mass is 340 g/mol. The van der Waals surface area contributed by atoms with E-state index in [1.807, 2.05) is 4.90 Å². The molecule has 1 heterocycles. The van der Waals surface area contributed by atoms with Crippen LogP contribution in [0.3, 0.4) is 0 Å². The highest BCUT2D eigenvalue weighted by Gasteiger charge is 2.40. The lowest BCUT2D eigenvalue weighted by Crippen LogP contribution is -2.45. The molecule has 0 amide bonds. The van der Waals surface area contributed by atoms with Crippen molar-refractivity contribution in [1.82, 2.24) is 10.2 Å². The van der Waals surface area contributed by atoms with Crippen LogP contribution in [0.15, 0.2) is 18.2 Å². The number of benzene rings is 1. The molecule has 2 nitrogen and oxygen atoms in total. The van der Waals surface area contributed by atoms with Gasteiger partial charge in [-0.2, -0.15) is 26.3 Å². The predicted molar refractivity (Wildman–Crippen MR) is 73.9 cm³/mol. The van der Waals surface area contributed by atoms with Gasteiger partial charge in [0, 0.05) is 32.2 Å². The minimum Gasteiger partial charge on any atom is -0.314 e. The molecule has 0 bridgehead atoms. The lowest BCUT2D eigenvalue weighted by molar-refractivity contribution is -0.143. The van der Waals surface area contributed by atoms with Crippen LogP contribution < -0.4 is 5.32 Å². The normalized spacial score (nSPS) is 18.9. The molecular formula is C15H18F6N2. The average Bonchev–Trinajstić information content (AvgIpc) is 2.47. The van der Waals surface area contributed by atoms with Crippen molar-refractivity contribution in [3.8, 4) is 0 Å². The van der Waals surface area contributed by atoms with Crippen molar-refractivity contribution in [2.45, 2.75) is 31.7 Å². The Labute approximate surface area is 130 Å². The maximum absolute atomic E-state index is 13.3. The summed E-state index contributed by atoms with van der Waals surface area (Å²) in [6.45, 7) is 4.18. The molecule has 0 aliphatic carbocycles. The fourth-order valence-corrected chi connectivity index (χ4v) is 2.94. The molecule has 1 aliphatic rings. The van der Waals surface area contributed by atoms with Gasteiger partial charge >= 0.3 is 12.4 Å². The first kappa shape index (κ1) is 18.1. The molecule has 8 heteroatoms. The van der Waals surface area contributed by atoms with Gasteiger partial charge in [-0.25, -0.2) is 0 Å². The number of rotatable bonds is 3. The zero-order valence-corrected chi connectivity index (χ0v) is 12.6. The lowest BCUT2D eigenvalue weighted by atomic mass is 9.94. The SMILES string of the molecule is CC[C@@H](c1ccc(C(F)(F)F)cc1C(F)(F)F)N1CCNCC1. The lowest BCUT2D eigenvalue weighted by Gasteiger charge is -2.36. The minimum atomic E-state index is -4.82. The summed E-state index contributed by atoms with van der Waals surface area (Å²) in [5.74, 6) is 0. The van der Waals surface area contributed by atoms with Crippen LogP contribution in [0.25, 0.3) is 0 Å². The Morgan fingerprint density at radius 2 is 1.65 bits per heavy atom. The summed E-state index contributed by atoms with van der Waals surface area (Å²) in [6, 6.07) is 1.38. The quantitative estimate of drug-likeness (QED) is 0.834. The number of hydrogen-bond donors (Lipinski definition) is 1. The van der Waals surface area contributed by atoms with E-state index in [1.165, 1.54) is 0 Å². The van der Waals surface area contributed by atoms with Gasteiger partial charge in [0.1, 0.15) is 0 Å². The second-order valence-electron chi connectivity index (χ2n) is 5.51. The molecule has 1 aromatic carbocycles. The highest BCUT2D eigenvalue weighted by Crippen LogP contribution is 2.41. The summed E-state index contributed by atoms with van der Waals surface area (Å²) in [6.07, 6.45) is -9.22. The van der Waals surface area contributed by atoms with Gasteiger partial charge in [0.2, 0.25) is 0 Å². The van der Waals surface area contributed by atoms with Crippen molar-refractivity contribution in [3.63, 3.8) is 0 Å². The van der Waals surface area contributed by atoms with Crippen molar-refractivity contribution in [2.24, 2.45) is 0 Å². The molecule has 0 spiro atoms. The minimum absolute atomic E-state index is 0.0881. The molecule has 1 aromatic rings. The van der Waals surface area contributed by atoms with Gasteiger partial charge in [0.05, 0.1) is 11.1 Å². The Hall–Kier alpha value is -1.28. The molecule has 0 aromatic heterocycles. The Balaban J connectivity index is 2.47. The van der Waals surface area contributed by atoms with Gasteiger partial charge in [-0.1, -0.05) is 13.0 Å². The van der Waals surface area contributed by atoms with Crippen LogP contribution in [-0.4, -0.2) is 31.1 Å². The third-order valence-corrected chi connectivity index (χ3v) is 4.02. The first-order valence-corrected chi connectivity index (χ1v) is 7.37. The van der Waals surface area contributed by atoms with Gasteiger partial charge in [0.15, 0.2) is 0 Å². The molecule has 1 fully saturated rings.